The number of nitrogens with zero attached hydrogens (tertiary/aromatic N) is 1. The summed E-state index contributed by atoms with van der Waals surface area (Å²) in [6, 6.07) is 1.73. The third-order valence-electron chi connectivity index (χ3n) is 1.65. The Morgan fingerprint density at radius 2 is 2.42 bits per heavy atom. The van der Waals surface area contributed by atoms with Crippen molar-refractivity contribution in [2.24, 2.45) is 5.73 Å². The zero-order valence-corrected chi connectivity index (χ0v) is 6.84. The lowest BCUT2D eigenvalue weighted by atomic mass is 10.3. The van der Waals surface area contributed by atoms with Gasteiger partial charge in [0.2, 0.25) is 0 Å². The van der Waals surface area contributed by atoms with Crippen LogP contribution in [-0.4, -0.2) is 15.8 Å². The lowest BCUT2D eigenvalue weighted by Gasteiger charge is -1.86. The molecule has 0 bridgehead atoms. The van der Waals surface area contributed by atoms with Crippen LogP contribution in [0.2, 0.25) is 0 Å². The van der Waals surface area contributed by atoms with E-state index in [1.54, 1.807) is 11.4 Å². The quantitative estimate of drug-likeness (QED) is 0.647. The highest BCUT2D eigenvalue weighted by atomic mass is 32.1. The van der Waals surface area contributed by atoms with Crippen molar-refractivity contribution >= 4 is 27.5 Å². The smallest absolute Gasteiger partial charge is 0.251 e. The highest BCUT2D eigenvalue weighted by Crippen LogP contribution is 2.25. The van der Waals surface area contributed by atoms with E-state index < -0.39 is 5.91 Å². The number of carbonyl (C=O) groups is 1. The Balaban J connectivity index is 2.83. The van der Waals surface area contributed by atoms with Crippen LogP contribution in [-0.2, 0) is 0 Å². The Bertz CT molecular complexity index is 443. The molecule has 12 heavy (non-hydrogen) atoms. The molecule has 0 spiro atoms. The number of primary amides is 1. The molecule has 0 unspecified atom stereocenters. The molecule has 0 aliphatic carbocycles. The van der Waals surface area contributed by atoms with Crippen molar-refractivity contribution in [3.63, 3.8) is 0 Å². The van der Waals surface area contributed by atoms with Crippen LogP contribution < -0.4 is 5.73 Å². The standard InChI is InChI=1S/C7H6N2O2S/c8-7(10)4-3-9(11)5-1-2-12-6(4)5/h1-3,11H,(H2,8,10). The van der Waals surface area contributed by atoms with Crippen molar-refractivity contribution < 1.29 is 10.0 Å². The van der Waals surface area contributed by atoms with Gasteiger partial charge in [0.25, 0.3) is 5.91 Å². The van der Waals surface area contributed by atoms with Gasteiger partial charge in [-0.25, -0.2) is 0 Å². The Kier molecular flexibility index (Phi) is 1.34. The van der Waals surface area contributed by atoms with E-state index in [0.29, 0.717) is 11.1 Å². The number of fused-ring (bicyclic) bond motifs is 1. The summed E-state index contributed by atoms with van der Waals surface area (Å²) in [5, 5.41) is 11.0. The SMILES string of the molecule is NC(=O)c1cn(O)c2ccsc12. The average Bonchev–Trinajstić information content (AvgIpc) is 2.53. The van der Waals surface area contributed by atoms with Crippen LogP contribution in [0.1, 0.15) is 10.4 Å². The van der Waals surface area contributed by atoms with Gasteiger partial charge in [-0.2, -0.15) is 4.73 Å². The minimum absolute atomic E-state index is 0.363. The van der Waals surface area contributed by atoms with Crippen LogP contribution in [0.4, 0.5) is 0 Å². The summed E-state index contributed by atoms with van der Waals surface area (Å²) in [5.74, 6) is -0.518. The van der Waals surface area contributed by atoms with E-state index in [1.165, 1.54) is 17.5 Å². The third kappa shape index (κ3) is 0.799. The van der Waals surface area contributed by atoms with Gasteiger partial charge in [-0.3, -0.25) is 4.79 Å². The lowest BCUT2D eigenvalue weighted by Crippen LogP contribution is -2.09. The second-order valence-electron chi connectivity index (χ2n) is 2.39. The number of nitrogens with two attached hydrogens (primary N) is 1. The largest absolute Gasteiger partial charge is 0.428 e. The van der Waals surface area contributed by atoms with Gasteiger partial charge in [-0.15, -0.1) is 11.3 Å². The predicted molar refractivity (Wildman–Crippen MR) is 45.5 cm³/mol. The summed E-state index contributed by atoms with van der Waals surface area (Å²) in [4.78, 5) is 10.8. The van der Waals surface area contributed by atoms with Crippen LogP contribution >= 0.6 is 11.3 Å². The molecule has 62 valence electrons. The predicted octanol–water partition coefficient (Wildman–Crippen LogP) is 1.04. The average molecular weight is 182 g/mol. The molecule has 3 N–H and O–H groups in total. The number of carbonyl (C=O) groups excluding carboxylic acids is 1. The minimum Gasteiger partial charge on any atom is -0.428 e. The lowest BCUT2D eigenvalue weighted by molar-refractivity contribution is 0.0999. The van der Waals surface area contributed by atoms with Gasteiger partial charge in [-0.1, -0.05) is 0 Å². The summed E-state index contributed by atoms with van der Waals surface area (Å²) < 4.78 is 1.64. The first-order valence-electron chi connectivity index (χ1n) is 3.28. The van der Waals surface area contributed by atoms with Gasteiger partial charge in [-0.05, 0) is 11.4 Å². The number of thiophene rings is 1. The van der Waals surface area contributed by atoms with Gasteiger partial charge in [0.15, 0.2) is 0 Å². The molecule has 2 aromatic heterocycles. The maximum absolute atomic E-state index is 10.8. The van der Waals surface area contributed by atoms with E-state index in [1.807, 2.05) is 0 Å². The first-order chi connectivity index (χ1) is 5.70. The summed E-state index contributed by atoms with van der Waals surface area (Å²) in [6.45, 7) is 0. The summed E-state index contributed by atoms with van der Waals surface area (Å²) in [7, 11) is 0. The molecule has 2 aromatic rings. The summed E-state index contributed by atoms with van der Waals surface area (Å²) in [6.07, 6.45) is 1.32. The summed E-state index contributed by atoms with van der Waals surface area (Å²) >= 11 is 1.38. The Labute approximate surface area is 71.8 Å². The molecule has 0 aromatic carbocycles. The maximum Gasteiger partial charge on any atom is 0.251 e. The molecule has 0 fully saturated rings. The highest BCUT2D eigenvalue weighted by Gasteiger charge is 2.12. The van der Waals surface area contributed by atoms with Crippen LogP contribution in [0.25, 0.3) is 10.2 Å². The molecule has 0 saturated carbocycles. The van der Waals surface area contributed by atoms with Crippen LogP contribution in [0, 0.1) is 0 Å². The number of amides is 1. The van der Waals surface area contributed by atoms with Crippen LogP contribution in [0.3, 0.4) is 0 Å². The fourth-order valence-electron chi connectivity index (χ4n) is 1.11. The fourth-order valence-corrected chi connectivity index (χ4v) is 2.01. The Morgan fingerprint density at radius 1 is 1.67 bits per heavy atom. The van der Waals surface area contributed by atoms with Gasteiger partial charge < -0.3 is 10.9 Å². The topological polar surface area (TPSA) is 68.2 Å². The molecule has 0 radical (unpaired) electrons. The molecule has 2 rings (SSSR count). The van der Waals surface area contributed by atoms with Crippen LogP contribution in [0.15, 0.2) is 17.6 Å². The van der Waals surface area contributed by atoms with Crippen molar-refractivity contribution in [1.82, 2.24) is 4.73 Å². The molecule has 1 amide bonds. The second kappa shape index (κ2) is 2.25. The zero-order chi connectivity index (χ0) is 8.72. The first-order valence-corrected chi connectivity index (χ1v) is 4.15. The van der Waals surface area contributed by atoms with E-state index in [-0.39, 0.29) is 0 Å². The first kappa shape index (κ1) is 7.17. The van der Waals surface area contributed by atoms with Crippen molar-refractivity contribution in [3.05, 3.63) is 23.2 Å². The summed E-state index contributed by atoms with van der Waals surface area (Å²) in [5.41, 5.74) is 6.08. The molecule has 4 nitrogen and oxygen atoms in total. The molecule has 5 heteroatoms. The number of rotatable bonds is 1. The fraction of sp³-hybridized carbons (Fsp3) is 0. The second-order valence-corrected chi connectivity index (χ2v) is 3.30. The maximum atomic E-state index is 10.8. The van der Waals surface area contributed by atoms with E-state index in [9.17, 15) is 10.0 Å². The molecule has 0 atom stereocenters. The van der Waals surface area contributed by atoms with E-state index >= 15 is 0 Å². The molecule has 0 aliphatic heterocycles. The van der Waals surface area contributed by atoms with Gasteiger partial charge >= 0.3 is 0 Å². The van der Waals surface area contributed by atoms with Crippen molar-refractivity contribution in [1.29, 1.82) is 0 Å². The Hall–Kier alpha value is -1.49. The highest BCUT2D eigenvalue weighted by molar-refractivity contribution is 7.17. The molecular weight excluding hydrogens is 176 g/mol. The monoisotopic (exact) mass is 182 g/mol. The third-order valence-corrected chi connectivity index (χ3v) is 2.59. The van der Waals surface area contributed by atoms with E-state index in [2.05, 4.69) is 0 Å². The molecule has 2 heterocycles. The van der Waals surface area contributed by atoms with E-state index in [0.717, 1.165) is 9.43 Å². The van der Waals surface area contributed by atoms with Crippen molar-refractivity contribution in [2.45, 2.75) is 0 Å². The van der Waals surface area contributed by atoms with E-state index in [4.69, 9.17) is 5.73 Å². The normalized spacial score (nSPS) is 10.7. The molecular formula is C7H6N2O2S. The number of hydrogen-bond donors (Lipinski definition) is 2. The van der Waals surface area contributed by atoms with Gasteiger partial charge in [0.05, 0.1) is 22.0 Å². The van der Waals surface area contributed by atoms with Crippen molar-refractivity contribution in [2.75, 3.05) is 0 Å². The molecule has 0 aliphatic rings. The van der Waals surface area contributed by atoms with Crippen molar-refractivity contribution in [3.8, 4) is 0 Å². The number of hydrogen-bond acceptors (Lipinski definition) is 3. The van der Waals surface area contributed by atoms with Gasteiger partial charge in [0.1, 0.15) is 0 Å². The zero-order valence-electron chi connectivity index (χ0n) is 6.02. The van der Waals surface area contributed by atoms with Crippen LogP contribution in [0.5, 0.6) is 0 Å². The number of aromatic nitrogens is 1. The molecule has 0 saturated heterocycles. The van der Waals surface area contributed by atoms with Gasteiger partial charge in [0, 0.05) is 0 Å². The Morgan fingerprint density at radius 3 is 3.08 bits per heavy atom. The minimum atomic E-state index is -0.518.